The van der Waals surface area contributed by atoms with Crippen molar-refractivity contribution < 1.29 is 17.5 Å². The largest absolute Gasteiger partial charge is 0.618 e. The second-order valence-corrected chi connectivity index (χ2v) is 6.21. The lowest BCUT2D eigenvalue weighted by Crippen LogP contribution is -2.33. The minimum atomic E-state index is -3.50. The summed E-state index contributed by atoms with van der Waals surface area (Å²) in [6.07, 6.45) is 2.32. The molecule has 1 aromatic heterocycles. The van der Waals surface area contributed by atoms with Crippen LogP contribution in [0.25, 0.3) is 0 Å². The highest BCUT2D eigenvalue weighted by atomic mass is 32.2. The lowest BCUT2D eigenvalue weighted by atomic mass is 10.1. The van der Waals surface area contributed by atoms with Crippen LogP contribution in [0, 0.1) is 11.0 Å². The summed E-state index contributed by atoms with van der Waals surface area (Å²) in [5.74, 6) is -0.424. The molecule has 19 heavy (non-hydrogen) atoms. The Bertz CT molecular complexity index is 714. The van der Waals surface area contributed by atoms with Crippen molar-refractivity contribution in [1.29, 1.82) is 0 Å². The van der Waals surface area contributed by atoms with Gasteiger partial charge in [0, 0.05) is 12.3 Å². The molecular formula is C13H12FNO3S. The predicted octanol–water partition coefficient (Wildman–Crippen LogP) is 1.45. The molecule has 0 unspecified atom stereocenters. The van der Waals surface area contributed by atoms with Crippen LogP contribution in [0.2, 0.25) is 0 Å². The third kappa shape index (κ3) is 3.08. The fraction of sp³-hybridized carbons (Fsp3) is 0.154. The van der Waals surface area contributed by atoms with Gasteiger partial charge in [0.05, 0.1) is 6.42 Å². The number of halogens is 1. The van der Waals surface area contributed by atoms with E-state index in [0.29, 0.717) is 10.3 Å². The van der Waals surface area contributed by atoms with E-state index in [1.54, 1.807) is 6.07 Å². The Morgan fingerprint density at radius 3 is 2.63 bits per heavy atom. The molecule has 100 valence electrons. The quantitative estimate of drug-likeness (QED) is 0.632. The monoisotopic (exact) mass is 281 g/mol. The first-order chi connectivity index (χ1) is 8.88. The van der Waals surface area contributed by atoms with E-state index in [9.17, 15) is 18.0 Å². The highest BCUT2D eigenvalue weighted by Gasteiger charge is 2.21. The summed E-state index contributed by atoms with van der Waals surface area (Å²) in [7, 11) is -3.50. The fourth-order valence-electron chi connectivity index (χ4n) is 1.85. The number of rotatable bonds is 3. The Morgan fingerprint density at radius 2 is 2.00 bits per heavy atom. The van der Waals surface area contributed by atoms with Gasteiger partial charge in [0.1, 0.15) is 10.7 Å². The first-order valence-electron chi connectivity index (χ1n) is 5.53. The molecule has 1 heterocycles. The summed E-state index contributed by atoms with van der Waals surface area (Å²) >= 11 is 0. The normalized spacial score (nSPS) is 11.5. The molecule has 0 fully saturated rings. The maximum atomic E-state index is 13.1. The molecular weight excluding hydrogens is 269 g/mol. The fourth-order valence-corrected chi connectivity index (χ4v) is 2.76. The standard InChI is InChI=1S/C13H12FNO3S/c1-19(17,18)13-6-3-7-15(16)12(13)9-10-4-2-5-11(14)8-10/h2-8H,9H2,1H3. The minimum Gasteiger partial charge on any atom is -0.618 e. The van der Waals surface area contributed by atoms with Gasteiger partial charge in [-0.1, -0.05) is 12.1 Å². The molecule has 0 spiro atoms. The zero-order valence-corrected chi connectivity index (χ0v) is 11.0. The van der Waals surface area contributed by atoms with Crippen molar-refractivity contribution in [1.82, 2.24) is 0 Å². The molecule has 0 bridgehead atoms. The van der Waals surface area contributed by atoms with Crippen LogP contribution in [0.3, 0.4) is 0 Å². The minimum absolute atomic E-state index is 0.0331. The van der Waals surface area contributed by atoms with Gasteiger partial charge in [0.2, 0.25) is 5.69 Å². The van der Waals surface area contributed by atoms with Crippen LogP contribution in [-0.4, -0.2) is 14.7 Å². The van der Waals surface area contributed by atoms with E-state index in [-0.39, 0.29) is 17.0 Å². The molecule has 4 nitrogen and oxygen atoms in total. The Hall–Kier alpha value is -1.95. The van der Waals surface area contributed by atoms with Crippen LogP contribution in [-0.2, 0) is 16.3 Å². The summed E-state index contributed by atoms with van der Waals surface area (Å²) in [4.78, 5) is -0.0331. The topological polar surface area (TPSA) is 61.1 Å². The van der Waals surface area contributed by atoms with Gasteiger partial charge < -0.3 is 5.21 Å². The van der Waals surface area contributed by atoms with Crippen LogP contribution in [0.15, 0.2) is 47.5 Å². The lowest BCUT2D eigenvalue weighted by molar-refractivity contribution is -0.615. The zero-order chi connectivity index (χ0) is 14.0. The second kappa shape index (κ2) is 4.97. The van der Waals surface area contributed by atoms with E-state index >= 15 is 0 Å². The van der Waals surface area contributed by atoms with Gasteiger partial charge in [-0.05, 0) is 23.8 Å². The van der Waals surface area contributed by atoms with Crippen LogP contribution < -0.4 is 4.73 Å². The number of nitrogens with zero attached hydrogens (tertiary/aromatic N) is 1. The van der Waals surface area contributed by atoms with Crippen LogP contribution >= 0.6 is 0 Å². The Kier molecular flexibility index (Phi) is 3.53. The number of pyridine rings is 1. The van der Waals surface area contributed by atoms with E-state index in [2.05, 4.69) is 0 Å². The average molecular weight is 281 g/mol. The molecule has 0 saturated heterocycles. The van der Waals surface area contributed by atoms with Crippen molar-refractivity contribution in [3.8, 4) is 0 Å². The molecule has 0 aliphatic rings. The van der Waals surface area contributed by atoms with Gasteiger partial charge in [0.25, 0.3) is 0 Å². The summed E-state index contributed by atoms with van der Waals surface area (Å²) in [5, 5.41) is 11.7. The van der Waals surface area contributed by atoms with E-state index < -0.39 is 15.7 Å². The summed E-state index contributed by atoms with van der Waals surface area (Å²) in [6.45, 7) is 0. The van der Waals surface area contributed by atoms with Crippen molar-refractivity contribution in [3.63, 3.8) is 0 Å². The number of aromatic nitrogens is 1. The van der Waals surface area contributed by atoms with E-state index in [1.807, 2.05) is 0 Å². The maximum Gasteiger partial charge on any atom is 0.215 e. The van der Waals surface area contributed by atoms with E-state index in [4.69, 9.17) is 0 Å². The summed E-state index contributed by atoms with van der Waals surface area (Å²) in [6, 6.07) is 8.47. The SMILES string of the molecule is CS(=O)(=O)c1ccc[n+]([O-])c1Cc1cccc(F)c1. The summed E-state index contributed by atoms with van der Waals surface area (Å²) in [5.41, 5.74) is 0.635. The van der Waals surface area contributed by atoms with Gasteiger partial charge in [0.15, 0.2) is 16.0 Å². The van der Waals surface area contributed by atoms with E-state index in [1.165, 1.54) is 36.5 Å². The molecule has 0 atom stereocenters. The molecule has 0 saturated carbocycles. The molecule has 2 rings (SSSR count). The molecule has 0 amide bonds. The molecule has 0 aliphatic heterocycles. The molecule has 6 heteroatoms. The van der Waals surface area contributed by atoms with Gasteiger partial charge >= 0.3 is 0 Å². The van der Waals surface area contributed by atoms with Crippen LogP contribution in [0.1, 0.15) is 11.3 Å². The van der Waals surface area contributed by atoms with Crippen LogP contribution in [0.4, 0.5) is 4.39 Å². The first-order valence-corrected chi connectivity index (χ1v) is 7.42. The predicted molar refractivity (Wildman–Crippen MR) is 67.7 cm³/mol. The molecule has 0 radical (unpaired) electrons. The number of sulfone groups is 1. The third-order valence-corrected chi connectivity index (χ3v) is 3.85. The van der Waals surface area contributed by atoms with E-state index in [0.717, 1.165) is 6.26 Å². The number of benzene rings is 1. The summed E-state index contributed by atoms with van der Waals surface area (Å²) < 4.78 is 36.9. The highest BCUT2D eigenvalue weighted by molar-refractivity contribution is 7.90. The highest BCUT2D eigenvalue weighted by Crippen LogP contribution is 2.16. The third-order valence-electron chi connectivity index (χ3n) is 2.68. The Morgan fingerprint density at radius 1 is 1.26 bits per heavy atom. The molecule has 1 aromatic carbocycles. The van der Waals surface area contributed by atoms with Gasteiger partial charge in [-0.3, -0.25) is 0 Å². The smallest absolute Gasteiger partial charge is 0.215 e. The maximum absolute atomic E-state index is 13.1. The van der Waals surface area contributed by atoms with Gasteiger partial charge in [-0.25, -0.2) is 12.8 Å². The number of hydrogen-bond acceptors (Lipinski definition) is 3. The van der Waals surface area contributed by atoms with Crippen molar-refractivity contribution in [2.24, 2.45) is 0 Å². The lowest BCUT2D eigenvalue weighted by Gasteiger charge is -2.08. The average Bonchev–Trinajstić information content (AvgIpc) is 2.30. The van der Waals surface area contributed by atoms with Crippen molar-refractivity contribution >= 4 is 9.84 Å². The zero-order valence-electron chi connectivity index (χ0n) is 10.2. The first kappa shape index (κ1) is 13.5. The van der Waals surface area contributed by atoms with Crippen molar-refractivity contribution in [2.45, 2.75) is 11.3 Å². The number of hydrogen-bond donors (Lipinski definition) is 0. The van der Waals surface area contributed by atoms with Crippen LogP contribution in [0.5, 0.6) is 0 Å². The van der Waals surface area contributed by atoms with Crippen molar-refractivity contribution in [3.05, 3.63) is 64.9 Å². The van der Waals surface area contributed by atoms with Gasteiger partial charge in [-0.15, -0.1) is 0 Å². The molecule has 0 aliphatic carbocycles. The Balaban J connectivity index is 2.51. The van der Waals surface area contributed by atoms with Gasteiger partial charge in [-0.2, -0.15) is 4.73 Å². The van der Waals surface area contributed by atoms with Crippen molar-refractivity contribution in [2.75, 3.05) is 6.26 Å². The second-order valence-electron chi connectivity index (χ2n) is 4.22. The Labute approximate surface area is 110 Å². The molecule has 2 aromatic rings. The molecule has 0 N–H and O–H groups in total.